The fourth-order valence-electron chi connectivity index (χ4n) is 2.66. The second kappa shape index (κ2) is 11.1. The molecule has 0 saturated heterocycles. The quantitative estimate of drug-likeness (QED) is 0.640. The maximum Gasteiger partial charge on any atom is 0.243 e. The van der Waals surface area contributed by atoms with Gasteiger partial charge in [-0.05, 0) is 42.2 Å². The van der Waals surface area contributed by atoms with Gasteiger partial charge in [0.25, 0.3) is 0 Å². The van der Waals surface area contributed by atoms with Crippen LogP contribution in [0.25, 0.3) is 0 Å². The molecule has 156 valence electrons. The molecule has 0 unspecified atom stereocenters. The minimum absolute atomic E-state index is 0.0852. The number of benzene rings is 2. The second-order valence-corrected chi connectivity index (χ2v) is 7.59. The summed E-state index contributed by atoms with van der Waals surface area (Å²) in [6, 6.07) is 15.2. The Morgan fingerprint density at radius 1 is 1.07 bits per heavy atom. The van der Waals surface area contributed by atoms with E-state index in [0.717, 1.165) is 22.7 Å². The Kier molecular flexibility index (Phi) is 8.52. The lowest BCUT2D eigenvalue weighted by molar-refractivity contribution is -0.128. The molecule has 0 radical (unpaired) electrons. The van der Waals surface area contributed by atoms with Gasteiger partial charge in [-0.15, -0.1) is 0 Å². The summed E-state index contributed by atoms with van der Waals surface area (Å²) in [6.07, 6.45) is 1.08. The first-order valence-corrected chi connectivity index (χ1v) is 9.89. The smallest absolute Gasteiger partial charge is 0.243 e. The zero-order valence-electron chi connectivity index (χ0n) is 17.7. The molecule has 0 fully saturated rings. The Morgan fingerprint density at radius 3 is 2.55 bits per heavy atom. The molecule has 0 aromatic heterocycles. The fourth-order valence-corrected chi connectivity index (χ4v) is 2.66. The third kappa shape index (κ3) is 7.86. The van der Waals surface area contributed by atoms with Crippen molar-refractivity contribution in [3.8, 4) is 5.75 Å². The number of nitrogens with zero attached hydrogens (tertiary/aromatic N) is 1. The number of nitrogens with one attached hydrogen (secondary N) is 2. The van der Waals surface area contributed by atoms with Gasteiger partial charge < -0.3 is 20.3 Å². The van der Waals surface area contributed by atoms with Crippen LogP contribution in [0.3, 0.4) is 0 Å². The summed E-state index contributed by atoms with van der Waals surface area (Å²) in [5.74, 6) is 1.10. The average molecular weight is 398 g/mol. The van der Waals surface area contributed by atoms with E-state index in [1.54, 1.807) is 19.0 Å². The van der Waals surface area contributed by atoms with Gasteiger partial charge in [0.1, 0.15) is 5.75 Å². The molecule has 0 heterocycles. The first kappa shape index (κ1) is 22.3. The van der Waals surface area contributed by atoms with E-state index in [9.17, 15) is 9.59 Å². The molecule has 0 spiro atoms. The Balaban J connectivity index is 1.88. The van der Waals surface area contributed by atoms with Gasteiger partial charge in [-0.3, -0.25) is 9.59 Å². The highest BCUT2D eigenvalue weighted by molar-refractivity contribution is 5.94. The number of rotatable bonds is 10. The summed E-state index contributed by atoms with van der Waals surface area (Å²) < 4.78 is 5.80. The van der Waals surface area contributed by atoms with E-state index in [1.165, 1.54) is 0 Å². The maximum absolute atomic E-state index is 12.4. The molecule has 6 heteroatoms. The van der Waals surface area contributed by atoms with Gasteiger partial charge in [0.15, 0.2) is 0 Å². The lowest BCUT2D eigenvalue weighted by Gasteiger charge is -2.14. The van der Waals surface area contributed by atoms with E-state index >= 15 is 0 Å². The Labute approximate surface area is 173 Å². The van der Waals surface area contributed by atoms with Crippen molar-refractivity contribution in [2.45, 2.75) is 26.7 Å². The van der Waals surface area contributed by atoms with Crippen molar-refractivity contribution in [1.29, 1.82) is 0 Å². The SMILES string of the molecule is CC(C)COc1ccccc1NCC(=O)Nc1cccc(CCC(=O)N(C)C)c1. The van der Waals surface area contributed by atoms with Crippen LogP contribution in [0.1, 0.15) is 25.8 Å². The van der Waals surface area contributed by atoms with Crippen molar-refractivity contribution < 1.29 is 14.3 Å². The predicted molar refractivity (Wildman–Crippen MR) is 117 cm³/mol. The molecular weight excluding hydrogens is 366 g/mol. The summed E-state index contributed by atoms with van der Waals surface area (Å²) in [5.41, 5.74) is 2.52. The van der Waals surface area contributed by atoms with E-state index in [1.807, 2.05) is 48.5 Å². The highest BCUT2D eigenvalue weighted by Gasteiger charge is 2.08. The van der Waals surface area contributed by atoms with Gasteiger partial charge in [0.05, 0.1) is 18.8 Å². The number of amides is 2. The lowest BCUT2D eigenvalue weighted by Crippen LogP contribution is -2.22. The molecule has 0 aliphatic heterocycles. The summed E-state index contributed by atoms with van der Waals surface area (Å²) in [4.78, 5) is 25.7. The molecule has 0 saturated carbocycles. The minimum atomic E-state index is -0.148. The van der Waals surface area contributed by atoms with Crippen LogP contribution in [0, 0.1) is 5.92 Å². The van der Waals surface area contributed by atoms with Crippen LogP contribution in [0.4, 0.5) is 11.4 Å². The van der Waals surface area contributed by atoms with Crippen LogP contribution < -0.4 is 15.4 Å². The normalized spacial score (nSPS) is 10.5. The molecule has 0 aliphatic carbocycles. The number of aryl methyl sites for hydroxylation is 1. The van der Waals surface area contributed by atoms with Crippen LogP contribution in [-0.4, -0.2) is 44.0 Å². The van der Waals surface area contributed by atoms with Gasteiger partial charge in [-0.1, -0.05) is 38.1 Å². The molecular formula is C23H31N3O3. The third-order valence-corrected chi connectivity index (χ3v) is 4.24. The number of carbonyl (C=O) groups excluding carboxylic acids is 2. The zero-order valence-corrected chi connectivity index (χ0v) is 17.7. The fraction of sp³-hybridized carbons (Fsp3) is 0.391. The molecule has 29 heavy (non-hydrogen) atoms. The summed E-state index contributed by atoms with van der Waals surface area (Å²) in [7, 11) is 3.50. The summed E-state index contributed by atoms with van der Waals surface area (Å²) in [6.45, 7) is 4.93. The summed E-state index contributed by atoms with van der Waals surface area (Å²) >= 11 is 0. The number of hydrogen-bond donors (Lipinski definition) is 2. The number of hydrogen-bond acceptors (Lipinski definition) is 4. The van der Waals surface area contributed by atoms with Crippen molar-refractivity contribution >= 4 is 23.2 Å². The first-order chi connectivity index (χ1) is 13.8. The van der Waals surface area contributed by atoms with E-state index in [-0.39, 0.29) is 18.4 Å². The average Bonchev–Trinajstić information content (AvgIpc) is 2.69. The number of ether oxygens (including phenoxy) is 1. The Morgan fingerprint density at radius 2 is 1.83 bits per heavy atom. The second-order valence-electron chi connectivity index (χ2n) is 7.59. The van der Waals surface area contributed by atoms with E-state index in [2.05, 4.69) is 24.5 Å². The van der Waals surface area contributed by atoms with E-state index in [0.29, 0.717) is 25.4 Å². The van der Waals surface area contributed by atoms with Crippen molar-refractivity contribution in [3.63, 3.8) is 0 Å². The van der Waals surface area contributed by atoms with Gasteiger partial charge in [-0.2, -0.15) is 0 Å². The van der Waals surface area contributed by atoms with Crippen molar-refractivity contribution in [3.05, 3.63) is 54.1 Å². The Hall–Kier alpha value is -3.02. The highest BCUT2D eigenvalue weighted by atomic mass is 16.5. The van der Waals surface area contributed by atoms with E-state index in [4.69, 9.17) is 4.74 Å². The number of carbonyl (C=O) groups is 2. The van der Waals surface area contributed by atoms with Gasteiger partial charge >= 0.3 is 0 Å². The topological polar surface area (TPSA) is 70.7 Å². The monoisotopic (exact) mass is 397 g/mol. The predicted octanol–water partition coefficient (Wildman–Crippen LogP) is 3.79. The first-order valence-electron chi connectivity index (χ1n) is 9.89. The molecule has 2 aromatic rings. The van der Waals surface area contributed by atoms with Crippen molar-refractivity contribution in [2.75, 3.05) is 37.9 Å². The standard InChI is InChI=1S/C23H31N3O3/c1-17(2)16-29-21-11-6-5-10-20(21)24-15-22(27)25-19-9-7-8-18(14-19)12-13-23(28)26(3)4/h5-11,14,17,24H,12-13,15-16H2,1-4H3,(H,25,27). The van der Waals surface area contributed by atoms with Crippen LogP contribution >= 0.6 is 0 Å². The zero-order chi connectivity index (χ0) is 21.2. The van der Waals surface area contributed by atoms with E-state index < -0.39 is 0 Å². The molecule has 0 bridgehead atoms. The third-order valence-electron chi connectivity index (χ3n) is 4.24. The molecule has 2 aromatic carbocycles. The lowest BCUT2D eigenvalue weighted by atomic mass is 10.1. The summed E-state index contributed by atoms with van der Waals surface area (Å²) in [5, 5.41) is 6.03. The molecule has 0 aliphatic rings. The Bertz CT molecular complexity index is 819. The van der Waals surface area contributed by atoms with Crippen molar-refractivity contribution in [2.24, 2.45) is 5.92 Å². The molecule has 2 rings (SSSR count). The van der Waals surface area contributed by atoms with Crippen LogP contribution in [0.5, 0.6) is 5.75 Å². The maximum atomic E-state index is 12.4. The van der Waals surface area contributed by atoms with Crippen LogP contribution in [0.15, 0.2) is 48.5 Å². The number of para-hydroxylation sites is 2. The van der Waals surface area contributed by atoms with Gasteiger partial charge in [-0.25, -0.2) is 0 Å². The molecule has 6 nitrogen and oxygen atoms in total. The molecule has 2 amide bonds. The highest BCUT2D eigenvalue weighted by Crippen LogP contribution is 2.24. The largest absolute Gasteiger partial charge is 0.491 e. The van der Waals surface area contributed by atoms with Gasteiger partial charge in [0, 0.05) is 26.2 Å². The minimum Gasteiger partial charge on any atom is -0.491 e. The van der Waals surface area contributed by atoms with Gasteiger partial charge in [0.2, 0.25) is 11.8 Å². The van der Waals surface area contributed by atoms with Crippen molar-refractivity contribution in [1.82, 2.24) is 4.90 Å². The van der Waals surface area contributed by atoms with Crippen LogP contribution in [0.2, 0.25) is 0 Å². The number of anilines is 2. The molecule has 2 N–H and O–H groups in total. The molecule has 0 atom stereocenters. The van der Waals surface area contributed by atoms with Crippen LogP contribution in [-0.2, 0) is 16.0 Å².